The average Bonchev–Trinajstić information content (AvgIpc) is 2.84. The number of hydrogen-bond acceptors (Lipinski definition) is 4. The number of rotatable bonds is 4. The van der Waals surface area contributed by atoms with E-state index >= 15 is 0 Å². The molecule has 0 aliphatic heterocycles. The van der Waals surface area contributed by atoms with Crippen LogP contribution in [-0.2, 0) is 20.9 Å². The van der Waals surface area contributed by atoms with Crippen molar-refractivity contribution in [3.8, 4) is 0 Å². The zero-order valence-corrected chi connectivity index (χ0v) is 13.5. The molecule has 1 aliphatic carbocycles. The summed E-state index contributed by atoms with van der Waals surface area (Å²) in [4.78, 5) is 24.8. The minimum Gasteiger partial charge on any atom is -0.460 e. The maximum Gasteiger partial charge on any atom is 0.313 e. The number of Topliss-reactive ketones (excluding diaryl/α,β-unsaturated/α-hetero) is 1. The highest BCUT2D eigenvalue weighted by atomic mass is 16.5. The molecule has 3 rings (SSSR count). The van der Waals surface area contributed by atoms with E-state index in [0.29, 0.717) is 0 Å². The van der Waals surface area contributed by atoms with E-state index in [9.17, 15) is 14.7 Å². The lowest BCUT2D eigenvalue weighted by Crippen LogP contribution is -2.42. The highest BCUT2D eigenvalue weighted by Gasteiger charge is 2.55. The smallest absolute Gasteiger partial charge is 0.313 e. The summed E-state index contributed by atoms with van der Waals surface area (Å²) >= 11 is 0. The van der Waals surface area contributed by atoms with Gasteiger partial charge >= 0.3 is 5.97 Å². The van der Waals surface area contributed by atoms with Gasteiger partial charge in [0.2, 0.25) is 0 Å². The summed E-state index contributed by atoms with van der Waals surface area (Å²) in [5.41, 5.74) is 0.0326. The summed E-state index contributed by atoms with van der Waals surface area (Å²) in [5, 5.41) is 10.6. The van der Waals surface area contributed by atoms with Crippen molar-refractivity contribution in [2.75, 3.05) is 0 Å². The third kappa shape index (κ3) is 3.10. The van der Waals surface area contributed by atoms with Crippen molar-refractivity contribution >= 4 is 11.8 Å². The molecule has 0 radical (unpaired) electrons. The standard InChI is InChI=1S/C20H20O4/c1-20(23)17(21)12-16(15-10-6-3-7-11-15)18(20)19(22)24-13-14-8-4-2-5-9-14/h2-11,16,18,23H,12-13H2,1H3/t16-,18-,20-/m0/s1. The molecular weight excluding hydrogens is 304 g/mol. The van der Waals surface area contributed by atoms with Gasteiger partial charge in [-0.2, -0.15) is 0 Å². The quantitative estimate of drug-likeness (QED) is 0.879. The highest BCUT2D eigenvalue weighted by molar-refractivity contribution is 5.97. The topological polar surface area (TPSA) is 63.6 Å². The van der Waals surface area contributed by atoms with Gasteiger partial charge in [-0.3, -0.25) is 9.59 Å². The van der Waals surface area contributed by atoms with Crippen molar-refractivity contribution in [1.82, 2.24) is 0 Å². The van der Waals surface area contributed by atoms with Gasteiger partial charge in [0, 0.05) is 12.3 Å². The second-order valence-corrected chi connectivity index (χ2v) is 6.36. The molecule has 4 heteroatoms. The highest BCUT2D eigenvalue weighted by Crippen LogP contribution is 2.44. The monoisotopic (exact) mass is 324 g/mol. The van der Waals surface area contributed by atoms with E-state index in [1.54, 1.807) is 0 Å². The molecule has 0 unspecified atom stereocenters. The summed E-state index contributed by atoms with van der Waals surface area (Å²) in [6.07, 6.45) is 0.141. The van der Waals surface area contributed by atoms with Gasteiger partial charge in [-0.1, -0.05) is 60.7 Å². The fraction of sp³-hybridized carbons (Fsp3) is 0.300. The normalized spacial score (nSPS) is 26.3. The van der Waals surface area contributed by atoms with Gasteiger partial charge in [0.25, 0.3) is 0 Å². The maximum atomic E-state index is 12.6. The van der Waals surface area contributed by atoms with E-state index in [1.165, 1.54) is 6.92 Å². The fourth-order valence-corrected chi connectivity index (χ4v) is 3.31. The van der Waals surface area contributed by atoms with Gasteiger partial charge in [0.15, 0.2) is 5.78 Å². The maximum absolute atomic E-state index is 12.6. The third-order valence-corrected chi connectivity index (χ3v) is 4.68. The third-order valence-electron chi connectivity index (χ3n) is 4.68. The summed E-state index contributed by atoms with van der Waals surface area (Å²) in [5.74, 6) is -2.12. The van der Waals surface area contributed by atoms with E-state index < -0.39 is 17.5 Å². The SMILES string of the molecule is C[C@]1(O)C(=O)C[C@@H](c2ccccc2)[C@H]1C(=O)OCc1ccccc1. The summed E-state index contributed by atoms with van der Waals surface area (Å²) in [6.45, 7) is 1.54. The van der Waals surface area contributed by atoms with Crippen LogP contribution in [0, 0.1) is 5.92 Å². The van der Waals surface area contributed by atoms with Crippen LogP contribution in [0.5, 0.6) is 0 Å². The molecule has 0 bridgehead atoms. The number of ether oxygens (including phenoxy) is 1. The second kappa shape index (κ2) is 6.57. The van der Waals surface area contributed by atoms with Crippen LogP contribution in [0.3, 0.4) is 0 Å². The van der Waals surface area contributed by atoms with E-state index in [2.05, 4.69) is 0 Å². The first-order chi connectivity index (χ1) is 11.5. The molecule has 4 nitrogen and oxygen atoms in total. The van der Waals surface area contributed by atoms with Crippen LogP contribution in [-0.4, -0.2) is 22.5 Å². The van der Waals surface area contributed by atoms with E-state index in [-0.39, 0.29) is 24.7 Å². The zero-order chi connectivity index (χ0) is 17.2. The Hall–Kier alpha value is -2.46. The van der Waals surface area contributed by atoms with Crippen LogP contribution < -0.4 is 0 Å². The van der Waals surface area contributed by atoms with Gasteiger partial charge in [-0.25, -0.2) is 0 Å². The van der Waals surface area contributed by atoms with E-state index in [1.807, 2.05) is 60.7 Å². The minimum atomic E-state index is -1.70. The van der Waals surface area contributed by atoms with Gasteiger partial charge in [0.1, 0.15) is 12.2 Å². The molecule has 0 amide bonds. The van der Waals surface area contributed by atoms with Crippen LogP contribution in [0.25, 0.3) is 0 Å². The predicted molar refractivity (Wildman–Crippen MR) is 89.2 cm³/mol. The largest absolute Gasteiger partial charge is 0.460 e. The number of ketones is 1. The molecule has 0 aromatic heterocycles. The first-order valence-electron chi connectivity index (χ1n) is 8.01. The summed E-state index contributed by atoms with van der Waals surface area (Å²) < 4.78 is 5.40. The Kier molecular flexibility index (Phi) is 4.49. The Morgan fingerprint density at radius 2 is 1.71 bits per heavy atom. The molecule has 2 aromatic carbocycles. The molecule has 2 aromatic rings. The van der Waals surface area contributed by atoms with Crippen molar-refractivity contribution in [3.63, 3.8) is 0 Å². The zero-order valence-electron chi connectivity index (χ0n) is 13.5. The van der Waals surface area contributed by atoms with E-state index in [4.69, 9.17) is 4.74 Å². The molecule has 0 saturated heterocycles. The molecular formula is C20H20O4. The van der Waals surface area contributed by atoms with Gasteiger partial charge in [0.05, 0.1) is 5.92 Å². The van der Waals surface area contributed by atoms with Crippen LogP contribution in [0.4, 0.5) is 0 Å². The van der Waals surface area contributed by atoms with Crippen LogP contribution >= 0.6 is 0 Å². The van der Waals surface area contributed by atoms with Crippen molar-refractivity contribution in [1.29, 1.82) is 0 Å². The Balaban J connectivity index is 1.81. The molecule has 0 spiro atoms. The first-order valence-corrected chi connectivity index (χ1v) is 8.01. The molecule has 3 atom stereocenters. The second-order valence-electron chi connectivity index (χ2n) is 6.36. The minimum absolute atomic E-state index is 0.127. The lowest BCUT2D eigenvalue weighted by atomic mass is 9.83. The van der Waals surface area contributed by atoms with Gasteiger partial charge < -0.3 is 9.84 Å². The number of esters is 1. The number of carbonyl (C=O) groups is 2. The molecule has 24 heavy (non-hydrogen) atoms. The average molecular weight is 324 g/mol. The Labute approximate surface area is 141 Å². The molecule has 1 N–H and O–H groups in total. The Morgan fingerprint density at radius 3 is 2.33 bits per heavy atom. The predicted octanol–water partition coefficient (Wildman–Crippen LogP) is 2.85. The fourth-order valence-electron chi connectivity index (χ4n) is 3.31. The molecule has 1 saturated carbocycles. The van der Waals surface area contributed by atoms with Crippen LogP contribution in [0.2, 0.25) is 0 Å². The van der Waals surface area contributed by atoms with Crippen LogP contribution in [0.15, 0.2) is 60.7 Å². The van der Waals surface area contributed by atoms with Gasteiger partial charge in [-0.15, -0.1) is 0 Å². The first kappa shape index (κ1) is 16.4. The molecule has 1 fully saturated rings. The van der Waals surface area contributed by atoms with Crippen molar-refractivity contribution < 1.29 is 19.4 Å². The lowest BCUT2D eigenvalue weighted by Gasteiger charge is -2.26. The van der Waals surface area contributed by atoms with Crippen molar-refractivity contribution in [2.24, 2.45) is 5.92 Å². The summed E-state index contributed by atoms with van der Waals surface area (Å²) in [7, 11) is 0. The lowest BCUT2D eigenvalue weighted by molar-refractivity contribution is -0.161. The Morgan fingerprint density at radius 1 is 1.12 bits per heavy atom. The Bertz CT molecular complexity index is 722. The number of benzene rings is 2. The molecule has 0 heterocycles. The molecule has 124 valence electrons. The van der Waals surface area contributed by atoms with Crippen molar-refractivity contribution in [2.45, 2.75) is 31.5 Å². The van der Waals surface area contributed by atoms with Gasteiger partial charge in [-0.05, 0) is 18.1 Å². The van der Waals surface area contributed by atoms with Crippen molar-refractivity contribution in [3.05, 3.63) is 71.8 Å². The van der Waals surface area contributed by atoms with E-state index in [0.717, 1.165) is 11.1 Å². The number of hydrogen-bond donors (Lipinski definition) is 1. The number of carbonyl (C=O) groups excluding carboxylic acids is 2. The molecule has 1 aliphatic rings. The summed E-state index contributed by atoms with van der Waals surface area (Å²) in [6, 6.07) is 18.7. The number of aliphatic hydroxyl groups is 1. The van der Waals surface area contributed by atoms with Crippen LogP contribution in [0.1, 0.15) is 30.4 Å².